The molecule has 144 valence electrons. The fourth-order valence-corrected chi connectivity index (χ4v) is 3.91. The van der Waals surface area contributed by atoms with Gasteiger partial charge in [-0.1, -0.05) is 6.92 Å². The molecule has 4 rings (SSSR count). The summed E-state index contributed by atoms with van der Waals surface area (Å²) in [6.45, 7) is 8.47. The summed E-state index contributed by atoms with van der Waals surface area (Å²) in [5, 5.41) is 0. The van der Waals surface area contributed by atoms with Gasteiger partial charge in [0.2, 0.25) is 0 Å². The van der Waals surface area contributed by atoms with Crippen LogP contribution in [0.4, 0.5) is 17.3 Å². The number of ether oxygens (including phenoxy) is 1. The molecule has 2 fully saturated rings. The molecular formula is C21H29N5O. The standard InChI is InChI=1S/C21H29N5O/c1-17-7-9-25(10-8-17)20-15-21(23-16-22-20)26-13-11-24(12-14-26)18-3-5-19(27-2)6-4-18/h3-6,15-17H,7-14H2,1-2H3. The molecule has 27 heavy (non-hydrogen) atoms. The van der Waals surface area contributed by atoms with E-state index >= 15 is 0 Å². The van der Waals surface area contributed by atoms with E-state index in [1.807, 2.05) is 12.1 Å². The van der Waals surface area contributed by atoms with Crippen LogP contribution in [-0.4, -0.2) is 56.3 Å². The lowest BCUT2D eigenvalue weighted by molar-refractivity contribution is 0.415. The van der Waals surface area contributed by atoms with Gasteiger partial charge in [-0.2, -0.15) is 0 Å². The molecule has 6 nitrogen and oxygen atoms in total. The first-order valence-corrected chi connectivity index (χ1v) is 9.94. The molecule has 0 amide bonds. The molecule has 1 aromatic carbocycles. The minimum atomic E-state index is 0.827. The van der Waals surface area contributed by atoms with E-state index in [4.69, 9.17) is 4.74 Å². The van der Waals surface area contributed by atoms with Gasteiger partial charge in [-0.25, -0.2) is 9.97 Å². The maximum atomic E-state index is 5.25. The number of hydrogen-bond acceptors (Lipinski definition) is 6. The minimum absolute atomic E-state index is 0.827. The van der Waals surface area contributed by atoms with Gasteiger partial charge in [-0.05, 0) is 43.0 Å². The number of piperazine rings is 1. The monoisotopic (exact) mass is 367 g/mol. The third kappa shape index (κ3) is 4.10. The summed E-state index contributed by atoms with van der Waals surface area (Å²) in [5.41, 5.74) is 1.25. The molecule has 0 N–H and O–H groups in total. The van der Waals surface area contributed by atoms with Gasteiger partial charge in [-0.3, -0.25) is 0 Å². The Morgan fingerprint density at radius 3 is 1.96 bits per heavy atom. The highest BCUT2D eigenvalue weighted by Crippen LogP contribution is 2.25. The van der Waals surface area contributed by atoms with Crippen molar-refractivity contribution in [2.45, 2.75) is 19.8 Å². The van der Waals surface area contributed by atoms with Crippen LogP contribution < -0.4 is 19.4 Å². The summed E-state index contributed by atoms with van der Waals surface area (Å²) in [6.07, 6.45) is 4.22. The van der Waals surface area contributed by atoms with Crippen molar-refractivity contribution in [2.24, 2.45) is 5.92 Å². The van der Waals surface area contributed by atoms with Crippen molar-refractivity contribution in [1.29, 1.82) is 0 Å². The number of rotatable bonds is 4. The summed E-state index contributed by atoms with van der Waals surface area (Å²) in [5.74, 6) is 3.85. The topological polar surface area (TPSA) is 44.7 Å². The third-order valence-electron chi connectivity index (χ3n) is 5.79. The van der Waals surface area contributed by atoms with Gasteiger partial charge in [0.1, 0.15) is 23.7 Å². The second kappa shape index (κ2) is 8.03. The Hall–Kier alpha value is -2.50. The van der Waals surface area contributed by atoms with Crippen LogP contribution >= 0.6 is 0 Å². The molecule has 2 saturated heterocycles. The lowest BCUT2D eigenvalue weighted by Gasteiger charge is -2.37. The molecule has 3 heterocycles. The van der Waals surface area contributed by atoms with Crippen LogP contribution in [0, 0.1) is 5.92 Å². The molecule has 6 heteroatoms. The van der Waals surface area contributed by atoms with Gasteiger partial charge in [0.05, 0.1) is 7.11 Å². The predicted octanol–water partition coefficient (Wildman–Crippen LogP) is 3.05. The van der Waals surface area contributed by atoms with Gasteiger partial charge in [0, 0.05) is 51.0 Å². The Bertz CT molecular complexity index is 734. The molecule has 2 aromatic rings. The van der Waals surface area contributed by atoms with Gasteiger partial charge in [0.15, 0.2) is 0 Å². The number of aromatic nitrogens is 2. The SMILES string of the molecule is COc1ccc(N2CCN(c3cc(N4CCC(C)CC4)ncn3)CC2)cc1. The number of methoxy groups -OCH3 is 1. The van der Waals surface area contributed by atoms with Crippen molar-refractivity contribution in [3.63, 3.8) is 0 Å². The van der Waals surface area contributed by atoms with Crippen LogP contribution in [-0.2, 0) is 0 Å². The minimum Gasteiger partial charge on any atom is -0.497 e. The number of piperidine rings is 1. The van der Waals surface area contributed by atoms with E-state index < -0.39 is 0 Å². The first kappa shape index (κ1) is 17.9. The maximum absolute atomic E-state index is 5.25. The molecular weight excluding hydrogens is 338 g/mol. The molecule has 0 radical (unpaired) electrons. The zero-order valence-corrected chi connectivity index (χ0v) is 16.3. The summed E-state index contributed by atoms with van der Waals surface area (Å²) in [6, 6.07) is 10.5. The fourth-order valence-electron chi connectivity index (χ4n) is 3.91. The molecule has 0 spiro atoms. The Balaban J connectivity index is 1.38. The van der Waals surface area contributed by atoms with Crippen molar-refractivity contribution in [3.8, 4) is 5.75 Å². The highest BCUT2D eigenvalue weighted by molar-refractivity contribution is 5.54. The number of benzene rings is 1. The van der Waals surface area contributed by atoms with Crippen LogP contribution in [0.3, 0.4) is 0 Å². The average molecular weight is 367 g/mol. The quantitative estimate of drug-likeness (QED) is 0.828. The van der Waals surface area contributed by atoms with Crippen LogP contribution in [0.1, 0.15) is 19.8 Å². The second-order valence-electron chi connectivity index (χ2n) is 7.58. The molecule has 2 aliphatic heterocycles. The van der Waals surface area contributed by atoms with Gasteiger partial charge < -0.3 is 19.4 Å². The molecule has 0 saturated carbocycles. The van der Waals surface area contributed by atoms with Crippen LogP contribution in [0.25, 0.3) is 0 Å². The van der Waals surface area contributed by atoms with Gasteiger partial charge >= 0.3 is 0 Å². The van der Waals surface area contributed by atoms with Crippen molar-refractivity contribution in [3.05, 3.63) is 36.7 Å². The smallest absolute Gasteiger partial charge is 0.134 e. The molecule has 0 aliphatic carbocycles. The fraction of sp³-hybridized carbons (Fsp3) is 0.524. The third-order valence-corrected chi connectivity index (χ3v) is 5.79. The largest absolute Gasteiger partial charge is 0.497 e. The van der Waals surface area contributed by atoms with Crippen LogP contribution in [0.5, 0.6) is 5.75 Å². The first-order valence-electron chi connectivity index (χ1n) is 9.94. The van der Waals surface area contributed by atoms with E-state index in [2.05, 4.69) is 49.8 Å². The van der Waals surface area contributed by atoms with Crippen molar-refractivity contribution < 1.29 is 4.74 Å². The summed E-state index contributed by atoms with van der Waals surface area (Å²) < 4.78 is 5.25. The van der Waals surface area contributed by atoms with Crippen molar-refractivity contribution >= 4 is 17.3 Å². The molecule has 0 unspecified atom stereocenters. The highest BCUT2D eigenvalue weighted by Gasteiger charge is 2.21. The lowest BCUT2D eigenvalue weighted by Crippen LogP contribution is -2.47. The molecule has 0 bridgehead atoms. The summed E-state index contributed by atoms with van der Waals surface area (Å²) in [7, 11) is 1.70. The van der Waals surface area contributed by atoms with E-state index in [0.29, 0.717) is 0 Å². The first-order chi connectivity index (χ1) is 13.2. The number of anilines is 3. The number of nitrogens with zero attached hydrogens (tertiary/aromatic N) is 5. The molecule has 0 atom stereocenters. The highest BCUT2D eigenvalue weighted by atomic mass is 16.5. The van der Waals surface area contributed by atoms with Crippen LogP contribution in [0.2, 0.25) is 0 Å². The Labute approximate surface area is 161 Å². The predicted molar refractivity (Wildman–Crippen MR) is 110 cm³/mol. The van der Waals surface area contributed by atoms with Crippen molar-refractivity contribution in [1.82, 2.24) is 9.97 Å². The Morgan fingerprint density at radius 1 is 0.815 bits per heavy atom. The van der Waals surface area contributed by atoms with E-state index in [0.717, 1.165) is 62.6 Å². The molecule has 2 aliphatic rings. The van der Waals surface area contributed by atoms with Gasteiger partial charge in [-0.15, -0.1) is 0 Å². The number of hydrogen-bond donors (Lipinski definition) is 0. The summed E-state index contributed by atoms with van der Waals surface area (Å²) in [4.78, 5) is 16.3. The maximum Gasteiger partial charge on any atom is 0.134 e. The average Bonchev–Trinajstić information content (AvgIpc) is 2.75. The zero-order valence-electron chi connectivity index (χ0n) is 16.3. The van der Waals surface area contributed by atoms with Gasteiger partial charge in [0.25, 0.3) is 0 Å². The van der Waals surface area contributed by atoms with E-state index in [1.54, 1.807) is 13.4 Å². The molecule has 1 aromatic heterocycles. The Morgan fingerprint density at radius 2 is 1.37 bits per heavy atom. The lowest BCUT2D eigenvalue weighted by atomic mass is 9.99. The summed E-state index contributed by atoms with van der Waals surface area (Å²) >= 11 is 0. The van der Waals surface area contributed by atoms with Crippen molar-refractivity contribution in [2.75, 3.05) is 61.1 Å². The van der Waals surface area contributed by atoms with E-state index in [9.17, 15) is 0 Å². The normalized spacial score (nSPS) is 18.7. The van der Waals surface area contributed by atoms with E-state index in [-0.39, 0.29) is 0 Å². The zero-order chi connectivity index (χ0) is 18.6. The van der Waals surface area contributed by atoms with Crippen LogP contribution in [0.15, 0.2) is 36.7 Å². The van der Waals surface area contributed by atoms with E-state index in [1.165, 1.54) is 18.5 Å². The Kier molecular flexibility index (Phi) is 5.32. The second-order valence-corrected chi connectivity index (χ2v) is 7.58.